The minimum Gasteiger partial charge on any atom is -0.495 e. The standard InChI is InChI=1S/C8H9N3O3.C5H5.Fe/c9-6(12)3-1-2-4(7(10)13)5(3)8(11)14;1-2-4-5-3-1;/h1-2,12H,9H2,(H2,10,13)(H2,11,14);1-5H;/q;-1;/b6-3-;;. The van der Waals surface area contributed by atoms with Crippen molar-refractivity contribution in [3.63, 3.8) is 0 Å². The molecule has 0 aromatic heterocycles. The molecule has 0 spiro atoms. The van der Waals surface area contributed by atoms with Gasteiger partial charge < -0.3 is 22.3 Å². The number of hydrogen-bond donors (Lipinski definition) is 4. The number of amides is 2. The van der Waals surface area contributed by atoms with Crippen LogP contribution < -0.4 is 17.2 Å². The molecular formula is C13H14FeN3O3-. The molecule has 7 heteroatoms. The minimum absolute atomic E-state index is 0. The quantitative estimate of drug-likeness (QED) is 0.346. The van der Waals surface area contributed by atoms with Crippen LogP contribution in [0.15, 0.2) is 65.1 Å². The van der Waals surface area contributed by atoms with Gasteiger partial charge >= 0.3 is 0 Å². The summed E-state index contributed by atoms with van der Waals surface area (Å²) in [7, 11) is 0. The fraction of sp³-hybridized carbons (Fsp3) is 0. The van der Waals surface area contributed by atoms with Gasteiger partial charge in [-0.3, -0.25) is 9.59 Å². The Morgan fingerprint density at radius 1 is 1.00 bits per heavy atom. The SMILES string of the molecule is NC(=O)C1=C(C(N)=O)/C(=C(/N)O)C=C1.[Fe].c1cc[cH-]c1. The van der Waals surface area contributed by atoms with Gasteiger partial charge in [0.15, 0.2) is 5.88 Å². The van der Waals surface area contributed by atoms with Gasteiger partial charge in [-0.05, 0) is 12.2 Å². The number of primary amides is 2. The molecular weight excluding hydrogens is 302 g/mol. The van der Waals surface area contributed by atoms with E-state index in [0.29, 0.717) is 0 Å². The van der Waals surface area contributed by atoms with Crippen LogP contribution in [-0.4, -0.2) is 16.9 Å². The van der Waals surface area contributed by atoms with Crippen molar-refractivity contribution in [1.82, 2.24) is 0 Å². The summed E-state index contributed by atoms with van der Waals surface area (Å²) in [5.74, 6) is -2.24. The molecule has 6 nitrogen and oxygen atoms in total. The van der Waals surface area contributed by atoms with Gasteiger partial charge in [-0.2, -0.15) is 18.2 Å². The second-order valence-electron chi connectivity index (χ2n) is 3.61. The smallest absolute Gasteiger partial charge is 0.250 e. The molecule has 2 amide bonds. The van der Waals surface area contributed by atoms with Crippen molar-refractivity contribution >= 4 is 11.8 Å². The number of aliphatic hydroxyl groups excluding tert-OH is 1. The van der Waals surface area contributed by atoms with Crippen LogP contribution in [0, 0.1) is 0 Å². The van der Waals surface area contributed by atoms with Gasteiger partial charge in [0.05, 0.1) is 11.1 Å². The summed E-state index contributed by atoms with van der Waals surface area (Å²) in [5.41, 5.74) is 14.9. The third-order valence-electron chi connectivity index (χ3n) is 2.30. The molecule has 0 aliphatic heterocycles. The zero-order chi connectivity index (χ0) is 14.4. The predicted molar refractivity (Wildman–Crippen MR) is 70.4 cm³/mol. The maximum absolute atomic E-state index is 10.9. The molecule has 1 aromatic rings. The first-order valence-electron chi connectivity index (χ1n) is 5.33. The normalized spacial score (nSPS) is 15.0. The minimum atomic E-state index is -0.865. The average molecular weight is 316 g/mol. The summed E-state index contributed by atoms with van der Waals surface area (Å²) in [6.45, 7) is 0. The number of aliphatic hydroxyl groups is 1. The third-order valence-corrected chi connectivity index (χ3v) is 2.30. The fourth-order valence-electron chi connectivity index (χ4n) is 1.48. The Morgan fingerprint density at radius 3 is 1.85 bits per heavy atom. The Hall–Kier alpha value is -2.37. The zero-order valence-corrected chi connectivity index (χ0v) is 11.5. The van der Waals surface area contributed by atoms with E-state index in [9.17, 15) is 9.59 Å². The number of nitrogens with two attached hydrogens (primary N) is 3. The van der Waals surface area contributed by atoms with E-state index in [-0.39, 0.29) is 33.8 Å². The van der Waals surface area contributed by atoms with E-state index in [1.165, 1.54) is 12.2 Å². The van der Waals surface area contributed by atoms with Crippen LogP contribution >= 0.6 is 0 Å². The van der Waals surface area contributed by atoms with E-state index in [0.717, 1.165) is 0 Å². The molecule has 0 radical (unpaired) electrons. The van der Waals surface area contributed by atoms with Crippen molar-refractivity contribution in [3.8, 4) is 0 Å². The van der Waals surface area contributed by atoms with Crippen molar-refractivity contribution < 1.29 is 31.8 Å². The van der Waals surface area contributed by atoms with Crippen LogP contribution in [0.5, 0.6) is 0 Å². The fourth-order valence-corrected chi connectivity index (χ4v) is 1.48. The molecule has 1 aliphatic rings. The van der Waals surface area contributed by atoms with Crippen molar-refractivity contribution in [2.75, 3.05) is 0 Å². The van der Waals surface area contributed by atoms with Crippen LogP contribution in [0.3, 0.4) is 0 Å². The molecule has 0 unspecified atom stereocenters. The van der Waals surface area contributed by atoms with Crippen LogP contribution in [0.25, 0.3) is 0 Å². The molecule has 20 heavy (non-hydrogen) atoms. The topological polar surface area (TPSA) is 132 Å². The molecule has 1 aromatic carbocycles. The van der Waals surface area contributed by atoms with E-state index in [1.54, 1.807) is 0 Å². The third kappa shape index (κ3) is 4.38. The molecule has 7 N–H and O–H groups in total. The van der Waals surface area contributed by atoms with Gasteiger partial charge in [0.1, 0.15) is 0 Å². The Labute approximate surface area is 126 Å². The van der Waals surface area contributed by atoms with Gasteiger partial charge in [0, 0.05) is 22.6 Å². The number of carbonyl (C=O) groups is 2. The van der Waals surface area contributed by atoms with Crippen molar-refractivity contribution in [1.29, 1.82) is 0 Å². The predicted octanol–water partition coefficient (Wildman–Crippen LogP) is -0.0453. The zero-order valence-electron chi connectivity index (χ0n) is 10.4. The Balaban J connectivity index is 0.000000507. The Bertz CT molecular complexity index is 550. The summed E-state index contributed by atoms with van der Waals surface area (Å²) in [4.78, 5) is 21.8. The number of allylic oxidation sites excluding steroid dienone is 1. The first-order valence-corrected chi connectivity index (χ1v) is 5.33. The molecule has 0 saturated carbocycles. The largest absolute Gasteiger partial charge is 0.495 e. The van der Waals surface area contributed by atoms with Gasteiger partial charge in [0.25, 0.3) is 0 Å². The molecule has 1 aliphatic carbocycles. The van der Waals surface area contributed by atoms with E-state index < -0.39 is 17.7 Å². The molecule has 0 heterocycles. The molecule has 0 fully saturated rings. The summed E-state index contributed by atoms with van der Waals surface area (Å²) >= 11 is 0. The van der Waals surface area contributed by atoms with Gasteiger partial charge in [0.2, 0.25) is 11.8 Å². The van der Waals surface area contributed by atoms with Crippen molar-refractivity contribution in [3.05, 3.63) is 65.1 Å². The summed E-state index contributed by atoms with van der Waals surface area (Å²) in [5, 5.41) is 8.98. The number of rotatable bonds is 2. The van der Waals surface area contributed by atoms with E-state index >= 15 is 0 Å². The molecule has 0 atom stereocenters. The summed E-state index contributed by atoms with van der Waals surface area (Å²) in [6, 6.07) is 10.0. The van der Waals surface area contributed by atoms with Crippen LogP contribution in [0.1, 0.15) is 0 Å². The maximum Gasteiger partial charge on any atom is 0.250 e. The Morgan fingerprint density at radius 2 is 1.55 bits per heavy atom. The van der Waals surface area contributed by atoms with E-state index in [4.69, 9.17) is 22.3 Å². The first-order chi connectivity index (χ1) is 8.95. The second kappa shape index (κ2) is 7.93. The van der Waals surface area contributed by atoms with E-state index in [2.05, 4.69) is 0 Å². The van der Waals surface area contributed by atoms with Gasteiger partial charge in [-0.25, -0.2) is 12.1 Å². The molecule has 2 rings (SSSR count). The summed E-state index contributed by atoms with van der Waals surface area (Å²) < 4.78 is 0. The van der Waals surface area contributed by atoms with Gasteiger partial charge in [-0.1, -0.05) is 0 Å². The van der Waals surface area contributed by atoms with Crippen molar-refractivity contribution in [2.45, 2.75) is 0 Å². The number of hydrogen-bond acceptors (Lipinski definition) is 4. The monoisotopic (exact) mass is 316 g/mol. The molecule has 0 saturated heterocycles. The van der Waals surface area contributed by atoms with Gasteiger partial charge in [-0.15, -0.1) is 0 Å². The van der Waals surface area contributed by atoms with Crippen LogP contribution in [0.4, 0.5) is 0 Å². The molecule has 0 bridgehead atoms. The van der Waals surface area contributed by atoms with E-state index in [1.807, 2.05) is 30.3 Å². The van der Waals surface area contributed by atoms with Crippen molar-refractivity contribution in [2.24, 2.45) is 17.2 Å². The average Bonchev–Trinajstić information content (AvgIpc) is 3.01. The second-order valence-corrected chi connectivity index (χ2v) is 3.61. The summed E-state index contributed by atoms with van der Waals surface area (Å²) in [6.07, 6.45) is 2.58. The first kappa shape index (κ1) is 17.6. The molecule has 108 valence electrons. The van der Waals surface area contributed by atoms with Crippen LogP contribution in [0.2, 0.25) is 0 Å². The number of carbonyl (C=O) groups excluding carboxylic acids is 2. The van der Waals surface area contributed by atoms with Crippen LogP contribution in [-0.2, 0) is 26.7 Å². The Kier molecular flexibility index (Phi) is 6.99. The maximum atomic E-state index is 10.9.